The third kappa shape index (κ3) is 3.45. The van der Waals surface area contributed by atoms with Crippen molar-refractivity contribution in [1.82, 2.24) is 10.6 Å². The molecule has 1 aliphatic rings. The van der Waals surface area contributed by atoms with E-state index in [1.165, 1.54) is 0 Å². The zero-order valence-corrected chi connectivity index (χ0v) is 12.4. The van der Waals surface area contributed by atoms with Gasteiger partial charge in [0.05, 0.1) is 12.1 Å². The first-order chi connectivity index (χ1) is 8.43. The summed E-state index contributed by atoms with van der Waals surface area (Å²) in [6.07, 6.45) is 3.42. The molecule has 0 saturated heterocycles. The van der Waals surface area contributed by atoms with E-state index in [4.69, 9.17) is 4.74 Å². The Balaban J connectivity index is 2.32. The molecule has 0 spiro atoms. The second kappa shape index (κ2) is 6.53. The third-order valence-corrected chi connectivity index (χ3v) is 4.14. The molecule has 3 unspecified atom stereocenters. The molecule has 4 nitrogen and oxygen atoms in total. The maximum Gasteiger partial charge on any atom is 0.236 e. The van der Waals surface area contributed by atoms with Gasteiger partial charge >= 0.3 is 0 Å². The quantitative estimate of drug-likeness (QED) is 0.682. The van der Waals surface area contributed by atoms with Gasteiger partial charge in [-0.25, -0.2) is 0 Å². The molecular weight excluding hydrogens is 228 g/mol. The monoisotopic (exact) mass is 256 g/mol. The lowest BCUT2D eigenvalue weighted by Crippen LogP contribution is -2.63. The average Bonchev–Trinajstić information content (AvgIpc) is 2.33. The molecule has 1 saturated carbocycles. The molecule has 1 aliphatic carbocycles. The topological polar surface area (TPSA) is 50.4 Å². The highest BCUT2D eigenvalue weighted by Gasteiger charge is 2.49. The van der Waals surface area contributed by atoms with Crippen molar-refractivity contribution in [2.24, 2.45) is 5.41 Å². The Labute approximate surface area is 111 Å². The molecule has 0 aromatic heterocycles. The Hall–Kier alpha value is -0.610. The Morgan fingerprint density at radius 2 is 2.17 bits per heavy atom. The highest BCUT2D eigenvalue weighted by atomic mass is 16.5. The van der Waals surface area contributed by atoms with Crippen LogP contribution < -0.4 is 10.6 Å². The van der Waals surface area contributed by atoms with Crippen LogP contribution in [0, 0.1) is 5.41 Å². The normalized spacial score (nSPS) is 27.4. The van der Waals surface area contributed by atoms with Gasteiger partial charge in [-0.1, -0.05) is 27.2 Å². The molecular formula is C14H28N2O2. The second-order valence-corrected chi connectivity index (χ2v) is 5.87. The molecule has 0 bridgehead atoms. The highest BCUT2D eigenvalue weighted by molar-refractivity contribution is 5.81. The lowest BCUT2D eigenvalue weighted by molar-refractivity contribution is -0.127. The molecule has 3 atom stereocenters. The molecule has 0 heterocycles. The molecule has 106 valence electrons. The third-order valence-electron chi connectivity index (χ3n) is 4.14. The van der Waals surface area contributed by atoms with Crippen LogP contribution in [0.1, 0.15) is 47.0 Å². The van der Waals surface area contributed by atoms with E-state index in [0.29, 0.717) is 12.1 Å². The molecule has 1 fully saturated rings. The van der Waals surface area contributed by atoms with E-state index in [0.717, 1.165) is 25.8 Å². The Morgan fingerprint density at radius 1 is 1.50 bits per heavy atom. The van der Waals surface area contributed by atoms with Crippen molar-refractivity contribution < 1.29 is 9.53 Å². The smallest absolute Gasteiger partial charge is 0.236 e. The molecule has 0 aromatic carbocycles. The first-order valence-electron chi connectivity index (χ1n) is 7.00. The summed E-state index contributed by atoms with van der Waals surface area (Å²) in [5, 5.41) is 6.36. The standard InChI is InChI=1S/C14H28N2O2/c1-6-7-8-15-13(17)10(2)16-11-9-12(18-5)14(11,3)4/h10-12,16H,6-9H2,1-5H3,(H,15,17). The fourth-order valence-electron chi connectivity index (χ4n) is 2.49. The van der Waals surface area contributed by atoms with Crippen molar-refractivity contribution in [1.29, 1.82) is 0 Å². The number of methoxy groups -OCH3 is 1. The van der Waals surface area contributed by atoms with Crippen molar-refractivity contribution in [3.63, 3.8) is 0 Å². The Bertz CT molecular complexity index is 279. The van der Waals surface area contributed by atoms with Gasteiger partial charge in [-0.2, -0.15) is 0 Å². The van der Waals surface area contributed by atoms with Crippen LogP contribution in [0.2, 0.25) is 0 Å². The molecule has 0 aromatic rings. The largest absolute Gasteiger partial charge is 0.381 e. The number of rotatable bonds is 7. The predicted octanol–water partition coefficient (Wildman–Crippen LogP) is 1.69. The summed E-state index contributed by atoms with van der Waals surface area (Å²) in [5.41, 5.74) is 0.104. The zero-order valence-electron chi connectivity index (χ0n) is 12.4. The van der Waals surface area contributed by atoms with Crippen molar-refractivity contribution in [3.8, 4) is 0 Å². The SMILES string of the molecule is CCCCNC(=O)C(C)NC1CC(OC)C1(C)C. The molecule has 1 rings (SSSR count). The minimum absolute atomic E-state index is 0.0973. The average molecular weight is 256 g/mol. The summed E-state index contributed by atoms with van der Waals surface area (Å²) in [6, 6.07) is 0.221. The van der Waals surface area contributed by atoms with Crippen LogP contribution in [0.25, 0.3) is 0 Å². The van der Waals surface area contributed by atoms with E-state index < -0.39 is 0 Å². The number of unbranched alkanes of at least 4 members (excludes halogenated alkanes) is 1. The Morgan fingerprint density at radius 3 is 2.67 bits per heavy atom. The maximum absolute atomic E-state index is 11.9. The summed E-state index contributed by atoms with van der Waals surface area (Å²) >= 11 is 0. The second-order valence-electron chi connectivity index (χ2n) is 5.87. The van der Waals surface area contributed by atoms with Gasteiger partial charge < -0.3 is 15.4 Å². The highest BCUT2D eigenvalue weighted by Crippen LogP contribution is 2.42. The fraction of sp³-hybridized carbons (Fsp3) is 0.929. The van der Waals surface area contributed by atoms with Gasteiger partial charge in [-0.05, 0) is 19.8 Å². The summed E-state index contributed by atoms with van der Waals surface area (Å²) in [4.78, 5) is 11.9. The number of hydrogen-bond donors (Lipinski definition) is 2. The number of ether oxygens (including phenoxy) is 1. The first kappa shape index (κ1) is 15.4. The number of hydrogen-bond acceptors (Lipinski definition) is 3. The first-order valence-corrected chi connectivity index (χ1v) is 7.00. The lowest BCUT2D eigenvalue weighted by Gasteiger charge is -2.52. The minimum atomic E-state index is -0.135. The van der Waals surface area contributed by atoms with Crippen molar-refractivity contribution in [3.05, 3.63) is 0 Å². The summed E-state index contributed by atoms with van der Waals surface area (Å²) in [7, 11) is 1.75. The molecule has 4 heteroatoms. The van der Waals surface area contributed by atoms with Gasteiger partial charge in [0.15, 0.2) is 0 Å². The maximum atomic E-state index is 11.9. The van der Waals surface area contributed by atoms with Gasteiger partial charge in [-0.15, -0.1) is 0 Å². The van der Waals surface area contributed by atoms with E-state index in [9.17, 15) is 4.79 Å². The zero-order chi connectivity index (χ0) is 13.8. The van der Waals surface area contributed by atoms with E-state index in [1.54, 1.807) is 7.11 Å². The fourth-order valence-corrected chi connectivity index (χ4v) is 2.49. The molecule has 0 radical (unpaired) electrons. The van der Waals surface area contributed by atoms with Crippen LogP contribution in [-0.2, 0) is 9.53 Å². The van der Waals surface area contributed by atoms with Crippen molar-refractivity contribution in [2.75, 3.05) is 13.7 Å². The molecule has 1 amide bonds. The van der Waals surface area contributed by atoms with Crippen LogP contribution in [0.4, 0.5) is 0 Å². The van der Waals surface area contributed by atoms with E-state index in [-0.39, 0.29) is 17.4 Å². The summed E-state index contributed by atoms with van der Waals surface area (Å²) < 4.78 is 5.41. The number of carbonyl (C=O) groups excluding carboxylic acids is 1. The summed E-state index contributed by atoms with van der Waals surface area (Å²) in [6.45, 7) is 9.19. The van der Waals surface area contributed by atoms with Gasteiger partial charge in [0.2, 0.25) is 5.91 Å². The van der Waals surface area contributed by atoms with Crippen LogP contribution in [0.3, 0.4) is 0 Å². The van der Waals surface area contributed by atoms with E-state index >= 15 is 0 Å². The van der Waals surface area contributed by atoms with E-state index in [1.807, 2.05) is 6.92 Å². The number of nitrogens with one attached hydrogen (secondary N) is 2. The molecule has 2 N–H and O–H groups in total. The van der Waals surface area contributed by atoms with E-state index in [2.05, 4.69) is 31.4 Å². The lowest BCUT2D eigenvalue weighted by atomic mass is 9.64. The molecule has 18 heavy (non-hydrogen) atoms. The summed E-state index contributed by atoms with van der Waals surface area (Å²) in [5.74, 6) is 0.0973. The van der Waals surface area contributed by atoms with Gasteiger partial charge in [0.25, 0.3) is 0 Å². The number of carbonyl (C=O) groups is 1. The van der Waals surface area contributed by atoms with Gasteiger partial charge in [0.1, 0.15) is 0 Å². The van der Waals surface area contributed by atoms with Gasteiger partial charge in [0, 0.05) is 25.1 Å². The van der Waals surface area contributed by atoms with Crippen LogP contribution in [-0.4, -0.2) is 37.7 Å². The van der Waals surface area contributed by atoms with Crippen LogP contribution >= 0.6 is 0 Å². The van der Waals surface area contributed by atoms with Crippen molar-refractivity contribution >= 4 is 5.91 Å². The number of amides is 1. The Kier molecular flexibility index (Phi) is 5.60. The van der Waals surface area contributed by atoms with Crippen LogP contribution in [0.15, 0.2) is 0 Å². The predicted molar refractivity (Wildman–Crippen MR) is 73.5 cm³/mol. The van der Waals surface area contributed by atoms with Crippen LogP contribution in [0.5, 0.6) is 0 Å². The minimum Gasteiger partial charge on any atom is -0.381 e. The van der Waals surface area contributed by atoms with Gasteiger partial charge in [-0.3, -0.25) is 4.79 Å². The van der Waals surface area contributed by atoms with Crippen molar-refractivity contribution in [2.45, 2.75) is 65.1 Å². The molecule has 0 aliphatic heterocycles.